The Morgan fingerprint density at radius 3 is 2.71 bits per heavy atom. The van der Waals surface area contributed by atoms with Gasteiger partial charge in [-0.05, 0) is 49.4 Å². The van der Waals surface area contributed by atoms with Crippen molar-refractivity contribution in [1.29, 1.82) is 0 Å². The number of hydrogen-bond donors (Lipinski definition) is 0. The number of amides is 1. The number of methoxy groups -OCH3 is 1. The summed E-state index contributed by atoms with van der Waals surface area (Å²) in [4.78, 5) is 14.6. The van der Waals surface area contributed by atoms with Crippen LogP contribution in [0.4, 0.5) is 4.39 Å². The molecular weight excluding hydrogens is 381 g/mol. The van der Waals surface area contributed by atoms with E-state index in [0.29, 0.717) is 38.1 Å². The molecule has 1 spiro atoms. The van der Waals surface area contributed by atoms with Crippen LogP contribution < -0.4 is 4.74 Å². The molecule has 6 heteroatoms. The van der Waals surface area contributed by atoms with Crippen LogP contribution in [0, 0.1) is 12.7 Å². The van der Waals surface area contributed by atoms with Crippen molar-refractivity contribution in [2.75, 3.05) is 26.8 Å². The number of piperidine rings is 1. The summed E-state index contributed by atoms with van der Waals surface area (Å²) in [5.74, 6) is -0.122. The second-order valence-electron chi connectivity index (χ2n) is 7.43. The fraction of sp³-hybridized carbons (Fsp3) is 0.409. The number of likely N-dealkylation sites (tertiary alicyclic amines) is 1. The third-order valence-corrected chi connectivity index (χ3v) is 6.38. The molecular formula is C22H23ClFNO3. The van der Waals surface area contributed by atoms with Crippen molar-refractivity contribution in [3.05, 3.63) is 63.4 Å². The van der Waals surface area contributed by atoms with Crippen molar-refractivity contribution < 1.29 is 18.7 Å². The third kappa shape index (κ3) is 3.07. The molecule has 0 aliphatic carbocycles. The Morgan fingerprint density at radius 1 is 1.25 bits per heavy atom. The Labute approximate surface area is 169 Å². The van der Waals surface area contributed by atoms with Crippen LogP contribution in [0.3, 0.4) is 0 Å². The highest BCUT2D eigenvalue weighted by Crippen LogP contribution is 2.46. The average Bonchev–Trinajstić information content (AvgIpc) is 2.71. The van der Waals surface area contributed by atoms with Gasteiger partial charge in [0.05, 0.1) is 24.3 Å². The zero-order valence-corrected chi connectivity index (χ0v) is 16.8. The summed E-state index contributed by atoms with van der Waals surface area (Å²) in [5, 5.41) is 0.186. The lowest BCUT2D eigenvalue weighted by Crippen LogP contribution is -2.48. The Kier molecular flexibility index (Phi) is 5.06. The number of nitrogens with zero attached hydrogens (tertiary/aromatic N) is 1. The van der Waals surface area contributed by atoms with E-state index >= 15 is 0 Å². The van der Waals surface area contributed by atoms with Crippen LogP contribution in [0.25, 0.3) is 0 Å². The van der Waals surface area contributed by atoms with Crippen LogP contribution in [0.5, 0.6) is 5.75 Å². The fourth-order valence-electron chi connectivity index (χ4n) is 4.38. The summed E-state index contributed by atoms with van der Waals surface area (Å²) in [5.41, 5.74) is 2.51. The summed E-state index contributed by atoms with van der Waals surface area (Å²) in [6.45, 7) is 3.36. The Balaban J connectivity index is 1.60. The molecule has 1 amide bonds. The van der Waals surface area contributed by atoms with Crippen LogP contribution in [0.1, 0.15) is 39.9 Å². The van der Waals surface area contributed by atoms with Crippen molar-refractivity contribution >= 4 is 17.5 Å². The van der Waals surface area contributed by atoms with E-state index in [2.05, 4.69) is 6.07 Å². The first-order chi connectivity index (χ1) is 13.5. The molecule has 4 nitrogen and oxygen atoms in total. The van der Waals surface area contributed by atoms with E-state index in [0.717, 1.165) is 17.7 Å². The quantitative estimate of drug-likeness (QED) is 0.741. The monoisotopic (exact) mass is 403 g/mol. The molecule has 2 aliphatic rings. The molecule has 28 heavy (non-hydrogen) atoms. The molecule has 0 radical (unpaired) electrons. The van der Waals surface area contributed by atoms with Crippen molar-refractivity contribution in [3.63, 3.8) is 0 Å². The van der Waals surface area contributed by atoms with Crippen molar-refractivity contribution in [2.24, 2.45) is 0 Å². The molecule has 1 fully saturated rings. The zero-order chi connectivity index (χ0) is 19.9. The van der Waals surface area contributed by atoms with Gasteiger partial charge >= 0.3 is 0 Å². The topological polar surface area (TPSA) is 38.8 Å². The number of hydrogen-bond acceptors (Lipinski definition) is 3. The van der Waals surface area contributed by atoms with Gasteiger partial charge in [-0.25, -0.2) is 4.39 Å². The minimum absolute atomic E-state index is 0.0415. The van der Waals surface area contributed by atoms with Gasteiger partial charge in [0.2, 0.25) is 0 Å². The van der Waals surface area contributed by atoms with Crippen molar-refractivity contribution in [2.45, 2.75) is 31.8 Å². The van der Waals surface area contributed by atoms with Gasteiger partial charge in [-0.3, -0.25) is 4.79 Å². The molecule has 2 aromatic rings. The minimum Gasteiger partial charge on any atom is -0.496 e. The van der Waals surface area contributed by atoms with Gasteiger partial charge in [0.25, 0.3) is 5.91 Å². The van der Waals surface area contributed by atoms with Crippen molar-refractivity contribution in [1.82, 2.24) is 4.90 Å². The smallest absolute Gasteiger partial charge is 0.258 e. The van der Waals surface area contributed by atoms with Gasteiger partial charge in [-0.15, -0.1) is 0 Å². The molecule has 0 aromatic heterocycles. The number of ether oxygens (including phenoxy) is 2. The molecule has 2 heterocycles. The highest BCUT2D eigenvalue weighted by atomic mass is 35.5. The number of benzene rings is 2. The molecule has 2 aliphatic heterocycles. The van der Waals surface area contributed by atoms with Crippen molar-refractivity contribution in [3.8, 4) is 5.75 Å². The minimum atomic E-state index is -0.582. The third-order valence-electron chi connectivity index (χ3n) is 5.89. The highest BCUT2D eigenvalue weighted by Gasteiger charge is 2.44. The van der Waals surface area contributed by atoms with E-state index in [-0.39, 0.29) is 16.5 Å². The lowest BCUT2D eigenvalue weighted by molar-refractivity contribution is -0.0946. The zero-order valence-electron chi connectivity index (χ0n) is 16.1. The molecule has 148 valence electrons. The molecule has 0 N–H and O–H groups in total. The van der Waals surface area contributed by atoms with Gasteiger partial charge in [-0.1, -0.05) is 29.8 Å². The van der Waals surface area contributed by atoms with E-state index in [1.54, 1.807) is 25.0 Å². The van der Waals surface area contributed by atoms with Crippen LogP contribution >= 0.6 is 11.6 Å². The summed E-state index contributed by atoms with van der Waals surface area (Å²) in [6, 6.07) is 8.94. The van der Waals surface area contributed by atoms with E-state index in [1.165, 1.54) is 11.6 Å². The highest BCUT2D eigenvalue weighted by molar-refractivity contribution is 6.34. The van der Waals surface area contributed by atoms with E-state index in [1.807, 2.05) is 12.1 Å². The maximum absolute atomic E-state index is 14.3. The second kappa shape index (κ2) is 7.37. The number of carbonyl (C=O) groups is 1. The number of aryl methyl sites for hydroxylation is 1. The normalized spacial score (nSPS) is 18.1. The molecule has 2 aromatic carbocycles. The summed E-state index contributed by atoms with van der Waals surface area (Å²) in [7, 11) is 1.67. The summed E-state index contributed by atoms with van der Waals surface area (Å²) >= 11 is 6.23. The first-order valence-corrected chi connectivity index (χ1v) is 9.89. The molecule has 0 unspecified atom stereocenters. The number of halogens is 2. The number of fused-ring (bicyclic) bond motifs is 2. The number of carbonyl (C=O) groups excluding carboxylic acids is 1. The maximum atomic E-state index is 14.3. The Morgan fingerprint density at radius 2 is 2.00 bits per heavy atom. The fourth-order valence-corrected chi connectivity index (χ4v) is 4.61. The summed E-state index contributed by atoms with van der Waals surface area (Å²) < 4.78 is 26.2. The molecule has 0 saturated carbocycles. The Bertz CT molecular complexity index is 908. The first kappa shape index (κ1) is 19.2. The van der Waals surface area contributed by atoms with Gasteiger partial charge in [0.1, 0.15) is 17.2 Å². The lowest BCUT2D eigenvalue weighted by atomic mass is 9.78. The standard InChI is InChI=1S/C22H23ClFNO3/c1-14-6-7-16(24)18(20(14)23)21(26)25-11-9-22(10-12-25)19-15(8-13-28-22)4-3-5-17(19)27-2/h3-7H,8-13H2,1-2H3. The van der Waals surface area contributed by atoms with Crippen LogP contribution in [0.2, 0.25) is 5.02 Å². The molecule has 0 atom stereocenters. The van der Waals surface area contributed by atoms with Gasteiger partial charge in [0, 0.05) is 18.7 Å². The SMILES string of the molecule is COc1cccc2c1C1(CCN(C(=O)c3c(F)ccc(C)c3Cl)CC1)OCC2. The van der Waals surface area contributed by atoms with Crippen LogP contribution in [-0.2, 0) is 16.8 Å². The predicted octanol–water partition coefficient (Wildman–Crippen LogP) is 4.50. The number of rotatable bonds is 2. The van der Waals surface area contributed by atoms with Crippen LogP contribution in [-0.4, -0.2) is 37.6 Å². The summed E-state index contributed by atoms with van der Waals surface area (Å²) in [6.07, 6.45) is 2.12. The molecule has 1 saturated heterocycles. The van der Waals surface area contributed by atoms with Crippen LogP contribution in [0.15, 0.2) is 30.3 Å². The molecule has 0 bridgehead atoms. The predicted molar refractivity (Wildman–Crippen MR) is 106 cm³/mol. The maximum Gasteiger partial charge on any atom is 0.258 e. The second-order valence-corrected chi connectivity index (χ2v) is 7.81. The van der Waals surface area contributed by atoms with Gasteiger partial charge in [-0.2, -0.15) is 0 Å². The van der Waals surface area contributed by atoms with Gasteiger partial charge in [0.15, 0.2) is 0 Å². The average molecular weight is 404 g/mol. The molecule has 4 rings (SSSR count). The largest absolute Gasteiger partial charge is 0.496 e. The lowest BCUT2D eigenvalue weighted by Gasteiger charge is -2.45. The van der Waals surface area contributed by atoms with E-state index < -0.39 is 11.4 Å². The van der Waals surface area contributed by atoms with E-state index in [4.69, 9.17) is 21.1 Å². The van der Waals surface area contributed by atoms with E-state index in [9.17, 15) is 9.18 Å². The Hall–Kier alpha value is -2.11. The first-order valence-electron chi connectivity index (χ1n) is 9.51. The van der Waals surface area contributed by atoms with Gasteiger partial charge < -0.3 is 14.4 Å².